The van der Waals surface area contributed by atoms with E-state index in [1.807, 2.05) is 93.9 Å². The Balaban J connectivity index is 0.000000101. The number of nitrogens with zero attached hydrogens (tertiary/aromatic N) is 8. The van der Waals surface area contributed by atoms with Crippen LogP contribution in [0, 0.1) is 55.4 Å². The van der Waals surface area contributed by atoms with E-state index in [1.165, 1.54) is 158 Å². The van der Waals surface area contributed by atoms with Crippen LogP contribution in [0.25, 0.3) is 214 Å². The van der Waals surface area contributed by atoms with Gasteiger partial charge in [-0.3, -0.25) is 0 Å². The lowest BCUT2D eigenvalue weighted by atomic mass is 10.1. The van der Waals surface area contributed by atoms with Crippen molar-refractivity contribution < 1.29 is 13.3 Å². The maximum Gasteiger partial charge on any atom is 0.179 e. The lowest BCUT2D eigenvalue weighted by Crippen LogP contribution is -2.04. The highest BCUT2D eigenvalue weighted by Gasteiger charge is 2.25. The molecule has 0 fully saturated rings. The number of hydrogen-bond acceptors (Lipinski definition) is 8. The quantitative estimate of drug-likeness (QED) is 0.112. The molecule has 16 heteroatoms. The van der Waals surface area contributed by atoms with Crippen molar-refractivity contribution in [3.05, 3.63) is 481 Å². The molecule has 28 aromatic rings. The van der Waals surface area contributed by atoms with Crippen LogP contribution in [-0.2, 0) is 0 Å². The number of hydrogen-bond donors (Lipinski definition) is 0. The van der Waals surface area contributed by atoms with E-state index in [2.05, 4.69) is 480 Å². The van der Waals surface area contributed by atoms with Gasteiger partial charge in [0.15, 0.2) is 33.5 Å². The highest BCUT2D eigenvalue weighted by molar-refractivity contribution is 7.28. The molecule has 0 aliphatic carbocycles. The van der Waals surface area contributed by atoms with Crippen LogP contribution in [0.2, 0.25) is 0 Å². The fourth-order valence-corrected chi connectivity index (χ4v) is 25.5. The van der Waals surface area contributed by atoms with Gasteiger partial charge >= 0.3 is 0 Å². The van der Waals surface area contributed by atoms with Crippen LogP contribution in [0.15, 0.2) is 450 Å². The van der Waals surface area contributed by atoms with Crippen molar-refractivity contribution in [1.82, 2.24) is 36.5 Å². The number of aromatic nitrogens is 8. The van der Waals surface area contributed by atoms with Crippen LogP contribution in [0.3, 0.4) is 0 Å². The minimum atomic E-state index is 0.760. The fraction of sp³-hybridized carbons (Fsp3) is 0.0625. The number of aryl methyl sites for hydroxylation is 8. The lowest BCUT2D eigenvalue weighted by Gasteiger charge is -2.20. The Morgan fingerprint density at radius 1 is 0.146 bits per heavy atom. The van der Waals surface area contributed by atoms with Gasteiger partial charge in [0.25, 0.3) is 0 Å². The first-order chi connectivity index (χ1) is 70.7. The van der Waals surface area contributed by atoms with Gasteiger partial charge in [0.2, 0.25) is 0 Å². The zero-order valence-electron chi connectivity index (χ0n) is 80.4. The Bertz CT molecular complexity index is 9070. The largest absolute Gasteiger partial charge is 0.453 e. The maximum atomic E-state index is 6.75. The first-order valence-corrected chi connectivity index (χ1v) is 52.5. The van der Waals surface area contributed by atoms with Gasteiger partial charge in [-0.1, -0.05) is 239 Å². The Morgan fingerprint density at radius 3 is 0.736 bits per heavy atom. The average molecular weight is 1950 g/mol. The van der Waals surface area contributed by atoms with Crippen molar-refractivity contribution in [2.75, 3.05) is 0 Å². The third-order valence-corrected chi connectivity index (χ3v) is 32.7. The van der Waals surface area contributed by atoms with Gasteiger partial charge in [-0.2, -0.15) is 0 Å². The number of rotatable bonds is 8. The molecule has 20 aromatic carbocycles. The highest BCUT2D eigenvalue weighted by Crippen LogP contribution is 2.46. The molecular formula is C128H96N8O3S5. The standard InChI is InChI=1S/C32H24N2O2.C32H24N2OS.2C32H24N2S2/c1-21-11-15-23(16-12-21)33-25-7-3-6-10-29(25)36-32-27(33)19-20-30-31(32)34(24-17-13-22(2)14-18-24)26-8-4-5-9-28(26)35-30;1-21-11-15-23(16-12-21)33-25-7-3-5-9-28(25)35-32-27(33)19-20-30-31(32)34(24-17-13-22(2)14-18-24)26-8-4-6-10-29(26)36-30;1-21-11-15-23(16-12-21)33-25-7-3-6-10-29(25)36-32-27(33)19-20-30-31(32)34(24-17-13-22(2)14-18-24)26-8-4-5-9-28(26)35-30;1-21-11-15-23(16-12-21)33-25-7-3-5-9-29(25)35-31-20-32-28(19-27(31)33)34(24-17-13-22(2)14-18-24)26-8-4-6-10-30(26)36-32/h4*3-20H,1-2H3. The molecule has 8 heterocycles. The molecule has 0 radical (unpaired) electrons. The van der Waals surface area contributed by atoms with Crippen LogP contribution in [-0.4, -0.2) is 36.5 Å². The van der Waals surface area contributed by atoms with Crippen LogP contribution in [0.5, 0.6) is 0 Å². The molecule has 0 saturated heterocycles. The molecule has 0 aliphatic rings. The summed E-state index contributed by atoms with van der Waals surface area (Å²) in [5.74, 6) is 0. The van der Waals surface area contributed by atoms with Crippen LogP contribution in [0.4, 0.5) is 0 Å². The summed E-state index contributed by atoms with van der Waals surface area (Å²) in [5.41, 5.74) is 41.9. The summed E-state index contributed by atoms with van der Waals surface area (Å²) in [6.45, 7) is 17.0. The van der Waals surface area contributed by atoms with Crippen molar-refractivity contribution in [3.63, 3.8) is 0 Å². The predicted molar refractivity (Wildman–Crippen MR) is 615 cm³/mol. The summed E-state index contributed by atoms with van der Waals surface area (Å²) in [7, 11) is 0. The fourth-order valence-electron chi connectivity index (χ4n) is 19.9. The van der Waals surface area contributed by atoms with Gasteiger partial charge in [-0.15, -0.1) is 56.7 Å². The molecule has 0 amide bonds. The molecule has 0 bridgehead atoms. The van der Waals surface area contributed by atoms with Gasteiger partial charge in [0.1, 0.15) is 11.0 Å². The van der Waals surface area contributed by atoms with E-state index >= 15 is 0 Å². The van der Waals surface area contributed by atoms with E-state index in [4.69, 9.17) is 13.3 Å². The second kappa shape index (κ2) is 37.1. The first-order valence-electron chi connectivity index (χ1n) is 48.5. The van der Waals surface area contributed by atoms with Gasteiger partial charge in [0, 0.05) is 45.5 Å². The molecule has 0 spiro atoms. The first kappa shape index (κ1) is 88.7. The van der Waals surface area contributed by atoms with E-state index in [0.29, 0.717) is 0 Å². The molecular weight excluding hydrogens is 1860 g/mol. The molecule has 0 saturated carbocycles. The van der Waals surface area contributed by atoms with Gasteiger partial charge in [-0.05, 0) is 298 Å². The Hall–Kier alpha value is -16.7. The molecule has 0 N–H and O–H groups in total. The summed E-state index contributed by atoms with van der Waals surface area (Å²) in [4.78, 5) is 0. The molecule has 8 aromatic heterocycles. The number of benzene rings is 20. The van der Waals surface area contributed by atoms with Gasteiger partial charge in [-0.25, -0.2) is 0 Å². The predicted octanol–water partition coefficient (Wildman–Crippen LogP) is 37.6. The van der Waals surface area contributed by atoms with Gasteiger partial charge < -0.3 is 49.8 Å². The van der Waals surface area contributed by atoms with Gasteiger partial charge in [0.05, 0.1) is 124 Å². The normalized spacial score (nSPS) is 11.6. The molecule has 11 nitrogen and oxygen atoms in total. The molecule has 28 rings (SSSR count). The topological polar surface area (TPSA) is 78.9 Å². The molecule has 0 unspecified atom stereocenters. The lowest BCUT2D eigenvalue weighted by molar-refractivity contribution is 0.639. The Labute approximate surface area is 850 Å². The monoisotopic (exact) mass is 1950 g/mol. The summed E-state index contributed by atoms with van der Waals surface area (Å²) < 4.78 is 51.4. The number of para-hydroxylation sites is 11. The van der Waals surface area contributed by atoms with E-state index in [0.717, 1.165) is 100 Å². The third-order valence-electron chi connectivity index (χ3n) is 27.1. The molecule has 144 heavy (non-hydrogen) atoms. The van der Waals surface area contributed by atoms with Crippen molar-refractivity contribution in [2.24, 2.45) is 0 Å². The second-order valence-corrected chi connectivity index (χ2v) is 42.4. The number of fused-ring (bicyclic) bond motifs is 19. The zero-order valence-corrected chi connectivity index (χ0v) is 84.5. The smallest absolute Gasteiger partial charge is 0.179 e. The average Bonchev–Trinajstić information content (AvgIpc) is 0.726. The molecule has 696 valence electrons. The van der Waals surface area contributed by atoms with E-state index in [-0.39, 0.29) is 0 Å². The van der Waals surface area contributed by atoms with Crippen molar-refractivity contribution in [2.45, 2.75) is 55.4 Å². The van der Waals surface area contributed by atoms with E-state index in [9.17, 15) is 0 Å². The maximum absolute atomic E-state index is 6.75. The van der Waals surface area contributed by atoms with E-state index < -0.39 is 0 Å². The summed E-state index contributed by atoms with van der Waals surface area (Å²) in [6, 6.07) is 156. The zero-order chi connectivity index (χ0) is 96.9. The summed E-state index contributed by atoms with van der Waals surface area (Å²) >= 11 is 9.27. The SMILES string of the molecule is Cc1ccc(-n2c3ccccc3oc3c2ccc2oc4ccccc4n(-c4ccc(C)cc4)c23)cc1.Cc1ccc(-n2c3ccccc3oc3c2ccc2sc4ccccc4n(-c4ccc(C)cc4)c23)cc1.Cc1ccc(-n2c3ccccc3sc3c2ccc2sc4ccccc4n(-c4ccc(C)cc4)c23)cc1.Cc1ccc(-n2c3ccccc3sc3cc4sc5ccccc5n(-c5ccc(C)cc5)c4cc32)cc1. The van der Waals surface area contributed by atoms with E-state index in [1.54, 1.807) is 11.3 Å². The highest BCUT2D eigenvalue weighted by atomic mass is 32.1. The van der Waals surface area contributed by atoms with Crippen LogP contribution >= 0.6 is 56.7 Å². The summed E-state index contributed by atoms with van der Waals surface area (Å²) in [5, 5.41) is 0. The van der Waals surface area contributed by atoms with Crippen molar-refractivity contribution in [1.29, 1.82) is 0 Å². The van der Waals surface area contributed by atoms with Crippen LogP contribution < -0.4 is 0 Å². The molecule has 0 aliphatic heterocycles. The minimum Gasteiger partial charge on any atom is -0.453 e. The third kappa shape index (κ3) is 16.1. The minimum absolute atomic E-state index is 0.760. The molecule has 0 atom stereocenters. The summed E-state index contributed by atoms with van der Waals surface area (Å²) in [6.07, 6.45) is 0. The second-order valence-electron chi connectivity index (χ2n) is 37.0. The van der Waals surface area contributed by atoms with Crippen molar-refractivity contribution in [3.8, 4) is 45.5 Å². The van der Waals surface area contributed by atoms with Crippen LogP contribution in [0.1, 0.15) is 44.5 Å². The van der Waals surface area contributed by atoms with Crippen molar-refractivity contribution >= 4 is 225 Å². The Morgan fingerprint density at radius 2 is 0.382 bits per heavy atom. The Kier molecular flexibility index (Phi) is 22.8.